The fourth-order valence-corrected chi connectivity index (χ4v) is 11.4. The highest BCUT2D eigenvalue weighted by Gasteiger charge is 2.58. The minimum atomic E-state index is -2.39. The second-order valence-electron chi connectivity index (χ2n) is 22.6. The smallest absolute Gasteiger partial charge is 0.217 e. The molecule has 520 valence electrons. The standard InChI is InChI=1S/C50H84N4O36/c1-12(60)51-23-33(70)40(18(7-57)80-44(23)77)87-47-26(54-15(4)63)34(71)41(19(8-58)83-47)89-50-39(76)43(90-49-38(75)36(73)42(20(9-59)84-49)88-46-25(53-14(3)62)32(69)28(65)17(6-56)82-46)30(67)22(86-50)11-79-48-37(74)35(72)29(66)21(85-48)10-78-45-24(52-13(2)61)31(68)27(64)16(5-55)81-45/h16-50,55-59,64-77H,5-11H2,1-4H3,(H,51,60)(H,52,61)(H,53,62)(H,54,63)/t16-,17-,18-,19-,20-,21-,22-,23-,24-,25-,26-,27-,28-,29-,30-,31-,32-,33-,34-,35+,36-,37+,38+,39+,40-,41-,42-,43+,44-,45-,46+,47+,48+,49-,50+/m1/s1. The van der Waals surface area contributed by atoms with Crippen LogP contribution in [-0.4, -0.2) is 382 Å². The van der Waals surface area contributed by atoms with Gasteiger partial charge in [0.15, 0.2) is 44.0 Å². The van der Waals surface area contributed by atoms with Gasteiger partial charge in [-0.15, -0.1) is 0 Å². The van der Waals surface area contributed by atoms with Gasteiger partial charge in [-0.3, -0.25) is 19.2 Å². The van der Waals surface area contributed by atoms with E-state index in [2.05, 4.69) is 21.3 Å². The molecule has 0 aromatic rings. The third kappa shape index (κ3) is 16.6. The summed E-state index contributed by atoms with van der Waals surface area (Å²) in [7, 11) is 0. The van der Waals surface area contributed by atoms with Crippen molar-refractivity contribution in [1.82, 2.24) is 21.3 Å². The van der Waals surface area contributed by atoms with Crippen LogP contribution in [0.2, 0.25) is 0 Å². The Kier molecular flexibility index (Phi) is 26.6. The summed E-state index contributed by atoms with van der Waals surface area (Å²) >= 11 is 0. The normalized spacial score (nSPS) is 47.6. The quantitative estimate of drug-likeness (QED) is 0.0452. The zero-order chi connectivity index (χ0) is 66.5. The van der Waals surface area contributed by atoms with Crippen molar-refractivity contribution >= 4 is 23.6 Å². The number of aliphatic hydroxyl groups excluding tert-OH is 19. The van der Waals surface area contributed by atoms with Gasteiger partial charge in [0, 0.05) is 27.7 Å². The number of nitrogens with one attached hydrogen (secondary N) is 4. The average Bonchev–Trinajstić information content (AvgIpc) is 0.861. The monoisotopic (exact) mass is 1320 g/mol. The van der Waals surface area contributed by atoms with Crippen molar-refractivity contribution in [2.24, 2.45) is 0 Å². The maximum atomic E-state index is 12.7. The molecule has 23 N–H and O–H groups in total. The predicted molar refractivity (Wildman–Crippen MR) is 278 cm³/mol. The van der Waals surface area contributed by atoms with Gasteiger partial charge < -0.3 is 180 Å². The number of hydrogen-bond acceptors (Lipinski definition) is 36. The molecule has 0 aliphatic carbocycles. The number of ether oxygens (including phenoxy) is 13. The number of hydrogen-bond donors (Lipinski definition) is 23. The molecule has 7 fully saturated rings. The summed E-state index contributed by atoms with van der Waals surface area (Å²) in [5.41, 5.74) is 0. The first-order valence-electron chi connectivity index (χ1n) is 28.6. The van der Waals surface area contributed by atoms with Crippen molar-refractivity contribution in [2.75, 3.05) is 46.2 Å². The van der Waals surface area contributed by atoms with E-state index in [1.54, 1.807) is 0 Å². The lowest BCUT2D eigenvalue weighted by molar-refractivity contribution is -0.389. The fourth-order valence-electron chi connectivity index (χ4n) is 11.4. The molecule has 0 radical (unpaired) electrons. The van der Waals surface area contributed by atoms with E-state index in [-0.39, 0.29) is 0 Å². The summed E-state index contributed by atoms with van der Waals surface area (Å²) in [6.07, 6.45) is -60.2. The molecule has 0 bridgehead atoms. The van der Waals surface area contributed by atoms with E-state index >= 15 is 0 Å². The minimum absolute atomic E-state index is 0.719. The molecule has 0 saturated carbocycles. The SMILES string of the molecule is CC(=O)N[C@@H]1[C@@H](O)[C@H](O[C@@H]2O[C@H](CO)[C@@H](O[C@@H]3O[C@H](CO[C@H]4O[C@H](CO[C@@H]5O[C@H](CO)[C@@H](O)[C@H](O)[C@H]5NC(C)=O)[C@@H](O)[C@H](O)[C@@H]4O)[C@@H](O)[C@H](O[C@H]4O[C@H](CO)[C@@H](O[C@@H]5O[C@H](CO)[C@@H](O)[C@H](O)[C@H]5NC(C)=O)[C@H](O)[C@@H]4O)[C@@H]3O)[C@H](O)[C@H]2NC(C)=O)[C@@H](CO)O[C@H]1O. The van der Waals surface area contributed by atoms with Crippen LogP contribution >= 0.6 is 0 Å². The van der Waals surface area contributed by atoms with Crippen LogP contribution in [0.4, 0.5) is 0 Å². The summed E-state index contributed by atoms with van der Waals surface area (Å²) < 4.78 is 75.4. The van der Waals surface area contributed by atoms with Crippen LogP contribution in [0.15, 0.2) is 0 Å². The van der Waals surface area contributed by atoms with E-state index in [0.717, 1.165) is 27.7 Å². The lowest BCUT2D eigenvalue weighted by atomic mass is 9.94. The Labute approximate surface area is 510 Å². The average molecular weight is 1320 g/mol. The zero-order valence-corrected chi connectivity index (χ0v) is 48.6. The number of amides is 4. The van der Waals surface area contributed by atoms with E-state index in [0.29, 0.717) is 0 Å². The maximum absolute atomic E-state index is 12.7. The van der Waals surface area contributed by atoms with Crippen molar-refractivity contribution in [3.8, 4) is 0 Å². The molecule has 0 spiro atoms. The van der Waals surface area contributed by atoms with E-state index < -0.39 is 285 Å². The highest BCUT2D eigenvalue weighted by Crippen LogP contribution is 2.37. The molecule has 0 unspecified atom stereocenters. The fraction of sp³-hybridized carbons (Fsp3) is 0.920. The molecule has 35 atom stereocenters. The molecule has 7 heterocycles. The van der Waals surface area contributed by atoms with Gasteiger partial charge in [0.1, 0.15) is 171 Å². The van der Waals surface area contributed by atoms with Gasteiger partial charge >= 0.3 is 0 Å². The number of rotatable bonds is 23. The van der Waals surface area contributed by atoms with Crippen LogP contribution in [0.3, 0.4) is 0 Å². The Hall–Kier alpha value is -3.40. The molecule has 0 aromatic carbocycles. The molecule has 7 rings (SSSR count). The van der Waals surface area contributed by atoms with Gasteiger partial charge in [-0.2, -0.15) is 0 Å². The van der Waals surface area contributed by atoms with Crippen LogP contribution in [-0.2, 0) is 80.8 Å². The summed E-state index contributed by atoms with van der Waals surface area (Å²) in [4.78, 5) is 48.9. The van der Waals surface area contributed by atoms with Crippen molar-refractivity contribution in [2.45, 2.75) is 242 Å². The topological polar surface area (TPSA) is 621 Å². The second kappa shape index (κ2) is 32.4. The Morgan fingerprint density at radius 2 is 0.600 bits per heavy atom. The largest absolute Gasteiger partial charge is 0.394 e. The van der Waals surface area contributed by atoms with Crippen LogP contribution < -0.4 is 21.3 Å². The van der Waals surface area contributed by atoms with E-state index in [9.17, 15) is 116 Å². The molecular formula is C50H84N4O36. The van der Waals surface area contributed by atoms with Crippen molar-refractivity contribution in [1.29, 1.82) is 0 Å². The molecule has 7 aliphatic rings. The van der Waals surface area contributed by atoms with Crippen molar-refractivity contribution < 1.29 is 178 Å². The summed E-state index contributed by atoms with van der Waals surface area (Å²) in [6.45, 7) is -2.58. The van der Waals surface area contributed by atoms with Gasteiger partial charge in [-0.25, -0.2) is 0 Å². The highest BCUT2D eigenvalue weighted by molar-refractivity contribution is 5.74. The van der Waals surface area contributed by atoms with E-state index in [4.69, 9.17) is 61.6 Å². The summed E-state index contributed by atoms with van der Waals surface area (Å²) in [5.74, 6) is -3.11. The van der Waals surface area contributed by atoms with Gasteiger partial charge in [-0.1, -0.05) is 0 Å². The summed E-state index contributed by atoms with van der Waals surface area (Å²) in [5, 5.41) is 217. The van der Waals surface area contributed by atoms with Crippen LogP contribution in [0.25, 0.3) is 0 Å². The summed E-state index contributed by atoms with van der Waals surface area (Å²) in [6, 6.07) is -6.49. The molecule has 90 heavy (non-hydrogen) atoms. The molecule has 4 amide bonds. The molecule has 7 saturated heterocycles. The zero-order valence-electron chi connectivity index (χ0n) is 48.6. The first-order valence-corrected chi connectivity index (χ1v) is 28.6. The highest BCUT2D eigenvalue weighted by atomic mass is 16.8. The molecule has 40 heteroatoms. The van der Waals surface area contributed by atoms with Gasteiger partial charge in [0.05, 0.1) is 46.2 Å². The van der Waals surface area contributed by atoms with Crippen LogP contribution in [0, 0.1) is 0 Å². The molecule has 7 aliphatic heterocycles. The first-order chi connectivity index (χ1) is 42.5. The number of carbonyl (C=O) groups excluding carboxylic acids is 4. The Balaban J connectivity index is 1.15. The molecule has 40 nitrogen and oxygen atoms in total. The Morgan fingerprint density at radius 1 is 0.289 bits per heavy atom. The van der Waals surface area contributed by atoms with E-state index in [1.807, 2.05) is 0 Å². The van der Waals surface area contributed by atoms with Crippen molar-refractivity contribution in [3.63, 3.8) is 0 Å². The van der Waals surface area contributed by atoms with Crippen LogP contribution in [0.5, 0.6) is 0 Å². The van der Waals surface area contributed by atoms with Gasteiger partial charge in [0.25, 0.3) is 0 Å². The van der Waals surface area contributed by atoms with Gasteiger partial charge in [-0.05, 0) is 0 Å². The number of aliphatic hydroxyl groups is 19. The Bertz CT molecular complexity index is 2310. The van der Waals surface area contributed by atoms with Crippen molar-refractivity contribution in [3.05, 3.63) is 0 Å². The van der Waals surface area contributed by atoms with E-state index in [1.165, 1.54) is 0 Å². The molecular weight excluding hydrogens is 1230 g/mol. The maximum Gasteiger partial charge on any atom is 0.217 e. The lowest BCUT2D eigenvalue weighted by Crippen LogP contribution is -2.70. The minimum Gasteiger partial charge on any atom is -0.394 e. The van der Waals surface area contributed by atoms with Gasteiger partial charge in [0.2, 0.25) is 23.6 Å². The second-order valence-corrected chi connectivity index (χ2v) is 22.6. The third-order valence-corrected chi connectivity index (χ3v) is 16.1. The number of carbonyl (C=O) groups is 4. The van der Waals surface area contributed by atoms with Crippen LogP contribution in [0.1, 0.15) is 27.7 Å². The first kappa shape index (κ1) is 74.0. The molecule has 0 aromatic heterocycles. The Morgan fingerprint density at radius 3 is 1.09 bits per heavy atom. The predicted octanol–water partition coefficient (Wildman–Crippen LogP) is -15.7. The lowest BCUT2D eigenvalue weighted by Gasteiger charge is -2.50. The third-order valence-electron chi connectivity index (χ3n) is 16.1.